The molecule has 1 aromatic carbocycles. The van der Waals surface area contributed by atoms with Crippen LogP contribution in [0.3, 0.4) is 0 Å². The lowest BCUT2D eigenvalue weighted by Gasteiger charge is -2.18. The number of hydrogen-bond donors (Lipinski definition) is 1. The minimum absolute atomic E-state index is 0.172. The molecule has 2 unspecified atom stereocenters. The third-order valence-corrected chi connectivity index (χ3v) is 5.01. The molecule has 0 radical (unpaired) electrons. The number of nitrogens with one attached hydrogen (secondary N) is 1. The maximum atomic E-state index is 5.96. The van der Waals surface area contributed by atoms with E-state index < -0.39 is 0 Å². The first kappa shape index (κ1) is 15.7. The molecule has 3 heterocycles. The molecule has 2 aliphatic rings. The molecule has 1 saturated heterocycles. The van der Waals surface area contributed by atoms with Crippen LogP contribution >= 0.6 is 0 Å². The van der Waals surface area contributed by atoms with Gasteiger partial charge in [-0.05, 0) is 30.5 Å². The number of ether oxygens (including phenoxy) is 2. The SMILES string of the molecule is CCn1cc(C2OCCC2CNCc2ccc3c(c2)CCO3)cn1. The largest absolute Gasteiger partial charge is 0.493 e. The molecule has 0 saturated carbocycles. The van der Waals surface area contributed by atoms with Gasteiger partial charge >= 0.3 is 0 Å². The van der Waals surface area contributed by atoms with Crippen LogP contribution in [-0.4, -0.2) is 29.5 Å². The number of aromatic nitrogens is 2. The fourth-order valence-corrected chi connectivity index (χ4v) is 3.66. The van der Waals surface area contributed by atoms with E-state index in [2.05, 4.69) is 41.7 Å². The normalized spacial score (nSPS) is 22.5. The Balaban J connectivity index is 1.33. The Morgan fingerprint density at radius 3 is 3.17 bits per heavy atom. The lowest BCUT2D eigenvalue weighted by molar-refractivity contribution is 0.0904. The molecule has 128 valence electrons. The van der Waals surface area contributed by atoms with Gasteiger partial charge in [-0.3, -0.25) is 4.68 Å². The van der Waals surface area contributed by atoms with E-state index in [0.29, 0.717) is 5.92 Å². The van der Waals surface area contributed by atoms with Crippen molar-refractivity contribution >= 4 is 0 Å². The first-order chi connectivity index (χ1) is 11.8. The molecule has 1 N–H and O–H groups in total. The number of rotatable bonds is 6. The molecule has 5 heteroatoms. The number of fused-ring (bicyclic) bond motifs is 1. The smallest absolute Gasteiger partial charge is 0.122 e. The number of nitrogens with zero attached hydrogens (tertiary/aromatic N) is 2. The molecule has 5 nitrogen and oxygen atoms in total. The Hall–Kier alpha value is -1.85. The van der Waals surface area contributed by atoms with Crippen LogP contribution in [-0.2, 0) is 24.2 Å². The Morgan fingerprint density at radius 1 is 1.33 bits per heavy atom. The molecule has 0 spiro atoms. The van der Waals surface area contributed by atoms with Crippen molar-refractivity contribution in [1.82, 2.24) is 15.1 Å². The highest BCUT2D eigenvalue weighted by Gasteiger charge is 2.30. The van der Waals surface area contributed by atoms with Crippen LogP contribution < -0.4 is 10.1 Å². The quantitative estimate of drug-likeness (QED) is 0.886. The topological polar surface area (TPSA) is 48.3 Å². The maximum absolute atomic E-state index is 5.96. The second kappa shape index (κ2) is 6.95. The monoisotopic (exact) mass is 327 g/mol. The molecule has 0 aliphatic carbocycles. The maximum Gasteiger partial charge on any atom is 0.122 e. The predicted molar refractivity (Wildman–Crippen MR) is 92.0 cm³/mol. The van der Waals surface area contributed by atoms with Crippen LogP contribution in [0.5, 0.6) is 5.75 Å². The van der Waals surface area contributed by atoms with E-state index >= 15 is 0 Å². The lowest BCUT2D eigenvalue weighted by atomic mass is 9.97. The van der Waals surface area contributed by atoms with Crippen molar-refractivity contribution in [3.8, 4) is 5.75 Å². The van der Waals surface area contributed by atoms with Crippen LogP contribution in [0.2, 0.25) is 0 Å². The van der Waals surface area contributed by atoms with Gasteiger partial charge in [0, 0.05) is 50.3 Å². The van der Waals surface area contributed by atoms with E-state index in [4.69, 9.17) is 9.47 Å². The van der Waals surface area contributed by atoms with E-state index in [9.17, 15) is 0 Å². The number of hydrogen-bond acceptors (Lipinski definition) is 4. The van der Waals surface area contributed by atoms with Crippen molar-refractivity contribution < 1.29 is 9.47 Å². The average molecular weight is 327 g/mol. The molecule has 2 aliphatic heterocycles. The second-order valence-corrected chi connectivity index (χ2v) is 6.64. The third kappa shape index (κ3) is 3.19. The first-order valence-corrected chi connectivity index (χ1v) is 8.93. The summed E-state index contributed by atoms with van der Waals surface area (Å²) in [6.07, 6.45) is 6.37. The molecular formula is C19H25N3O2. The fraction of sp³-hybridized carbons (Fsp3) is 0.526. The van der Waals surface area contributed by atoms with Gasteiger partial charge in [-0.2, -0.15) is 5.10 Å². The summed E-state index contributed by atoms with van der Waals surface area (Å²) in [4.78, 5) is 0. The van der Waals surface area contributed by atoms with E-state index in [0.717, 1.165) is 51.4 Å². The Bertz CT molecular complexity index is 698. The number of benzene rings is 1. The van der Waals surface area contributed by atoms with Gasteiger partial charge in [0.15, 0.2) is 0 Å². The van der Waals surface area contributed by atoms with Crippen molar-refractivity contribution in [2.24, 2.45) is 5.92 Å². The van der Waals surface area contributed by atoms with Gasteiger partial charge in [0.2, 0.25) is 0 Å². The minimum atomic E-state index is 0.172. The fourth-order valence-electron chi connectivity index (χ4n) is 3.66. The van der Waals surface area contributed by atoms with E-state index in [-0.39, 0.29) is 6.10 Å². The van der Waals surface area contributed by atoms with Gasteiger partial charge in [0.25, 0.3) is 0 Å². The van der Waals surface area contributed by atoms with Crippen molar-refractivity contribution in [2.45, 2.75) is 39.0 Å². The van der Waals surface area contributed by atoms with Crippen molar-refractivity contribution in [1.29, 1.82) is 0 Å². The molecule has 4 rings (SSSR count). The van der Waals surface area contributed by atoms with Gasteiger partial charge in [0.05, 0.1) is 18.9 Å². The summed E-state index contributed by atoms with van der Waals surface area (Å²) in [6.45, 7) is 6.52. The van der Waals surface area contributed by atoms with Crippen LogP contribution in [0.4, 0.5) is 0 Å². The average Bonchev–Trinajstić information content (AvgIpc) is 3.34. The molecule has 1 fully saturated rings. The summed E-state index contributed by atoms with van der Waals surface area (Å²) >= 11 is 0. The van der Waals surface area contributed by atoms with Crippen LogP contribution in [0.1, 0.15) is 36.1 Å². The van der Waals surface area contributed by atoms with Crippen LogP contribution in [0.15, 0.2) is 30.6 Å². The highest BCUT2D eigenvalue weighted by molar-refractivity contribution is 5.39. The van der Waals surface area contributed by atoms with Gasteiger partial charge in [-0.1, -0.05) is 12.1 Å². The van der Waals surface area contributed by atoms with Crippen molar-refractivity contribution in [3.63, 3.8) is 0 Å². The summed E-state index contributed by atoms with van der Waals surface area (Å²) in [7, 11) is 0. The van der Waals surface area contributed by atoms with Crippen molar-refractivity contribution in [3.05, 3.63) is 47.3 Å². The van der Waals surface area contributed by atoms with Crippen molar-refractivity contribution in [2.75, 3.05) is 19.8 Å². The summed E-state index contributed by atoms with van der Waals surface area (Å²) < 4.78 is 13.5. The predicted octanol–water partition coefficient (Wildman–Crippen LogP) is 2.71. The number of aryl methyl sites for hydroxylation is 1. The highest BCUT2D eigenvalue weighted by atomic mass is 16.5. The molecule has 0 amide bonds. The summed E-state index contributed by atoms with van der Waals surface area (Å²) in [5.41, 5.74) is 3.87. The summed E-state index contributed by atoms with van der Waals surface area (Å²) in [5.74, 6) is 1.56. The molecule has 24 heavy (non-hydrogen) atoms. The van der Waals surface area contributed by atoms with Gasteiger partial charge < -0.3 is 14.8 Å². The molecule has 1 aromatic heterocycles. The third-order valence-electron chi connectivity index (χ3n) is 5.01. The Labute approximate surface area is 143 Å². The molecule has 2 atom stereocenters. The zero-order chi connectivity index (χ0) is 16.4. The standard InChI is InChI=1S/C19H25N3O2/c1-2-22-13-17(12-21-22)19-16(6-8-24-19)11-20-10-14-3-4-18-15(9-14)5-7-23-18/h3-4,9,12-13,16,19-20H,2,5-8,10-11H2,1H3. The zero-order valence-electron chi connectivity index (χ0n) is 14.2. The highest BCUT2D eigenvalue weighted by Crippen LogP contribution is 2.34. The Morgan fingerprint density at radius 2 is 2.29 bits per heavy atom. The second-order valence-electron chi connectivity index (χ2n) is 6.64. The molecule has 2 aromatic rings. The van der Waals surface area contributed by atoms with E-state index in [1.807, 2.05) is 10.9 Å². The summed E-state index contributed by atoms with van der Waals surface area (Å²) in [5, 5.41) is 7.99. The van der Waals surface area contributed by atoms with E-state index in [1.165, 1.54) is 16.7 Å². The molecular weight excluding hydrogens is 302 g/mol. The minimum Gasteiger partial charge on any atom is -0.493 e. The first-order valence-electron chi connectivity index (χ1n) is 8.93. The zero-order valence-corrected chi connectivity index (χ0v) is 14.2. The van der Waals surface area contributed by atoms with Gasteiger partial charge in [-0.25, -0.2) is 0 Å². The van der Waals surface area contributed by atoms with E-state index in [1.54, 1.807) is 0 Å². The van der Waals surface area contributed by atoms with Gasteiger partial charge in [0.1, 0.15) is 5.75 Å². The lowest BCUT2D eigenvalue weighted by Crippen LogP contribution is -2.24. The summed E-state index contributed by atoms with van der Waals surface area (Å²) in [6, 6.07) is 6.52. The molecule has 0 bridgehead atoms. The Kier molecular flexibility index (Phi) is 4.54. The van der Waals surface area contributed by atoms with Crippen LogP contribution in [0.25, 0.3) is 0 Å². The van der Waals surface area contributed by atoms with Gasteiger partial charge in [-0.15, -0.1) is 0 Å². The van der Waals surface area contributed by atoms with Crippen LogP contribution in [0, 0.1) is 5.92 Å².